The second-order valence-electron chi connectivity index (χ2n) is 8.05. The number of hydrazine groups is 1. The van der Waals surface area contributed by atoms with Crippen LogP contribution in [0.25, 0.3) is 0 Å². The summed E-state index contributed by atoms with van der Waals surface area (Å²) >= 11 is 0. The van der Waals surface area contributed by atoms with Gasteiger partial charge in [-0.15, -0.1) is 0 Å². The van der Waals surface area contributed by atoms with Gasteiger partial charge in [0.2, 0.25) is 0 Å². The van der Waals surface area contributed by atoms with Crippen LogP contribution in [0.1, 0.15) is 23.1 Å². The Balaban J connectivity index is 1.47. The summed E-state index contributed by atoms with van der Waals surface area (Å²) in [5, 5.41) is 1.96. The molecule has 1 N–H and O–H groups in total. The Morgan fingerprint density at radius 1 is 1.38 bits per heavy atom. The van der Waals surface area contributed by atoms with Gasteiger partial charge in [-0.05, 0) is 31.2 Å². The van der Waals surface area contributed by atoms with E-state index in [0.29, 0.717) is 0 Å². The van der Waals surface area contributed by atoms with Crippen molar-refractivity contribution in [1.29, 1.82) is 0 Å². The van der Waals surface area contributed by atoms with Gasteiger partial charge in [0.1, 0.15) is 0 Å². The highest BCUT2D eigenvalue weighted by molar-refractivity contribution is 6.74. The van der Waals surface area contributed by atoms with Gasteiger partial charge in [0.15, 0.2) is 6.71 Å². The van der Waals surface area contributed by atoms with E-state index in [9.17, 15) is 0 Å². The van der Waals surface area contributed by atoms with Crippen LogP contribution in [-0.4, -0.2) is 50.4 Å². The molecule has 2 aliphatic heterocycles. The van der Waals surface area contributed by atoms with E-state index in [1.165, 1.54) is 32.3 Å². The molecule has 4 heteroatoms. The molecule has 2 aliphatic rings. The van der Waals surface area contributed by atoms with Crippen LogP contribution < -0.4 is 10.9 Å². The number of hydrogen-bond donors (Lipinski definition) is 1. The van der Waals surface area contributed by atoms with Crippen molar-refractivity contribution in [1.82, 2.24) is 15.3 Å². The Labute approximate surface area is 148 Å². The smallest absolute Gasteiger partial charge is 0.173 e. The van der Waals surface area contributed by atoms with Gasteiger partial charge in [-0.2, -0.15) is 0 Å². The van der Waals surface area contributed by atoms with Crippen molar-refractivity contribution in [3.05, 3.63) is 41.1 Å². The molecule has 0 bridgehead atoms. The summed E-state index contributed by atoms with van der Waals surface area (Å²) < 4.78 is 0. The zero-order valence-electron chi connectivity index (χ0n) is 15.9. The number of aryl methyl sites for hydroxylation is 1. The summed E-state index contributed by atoms with van der Waals surface area (Å²) in [7, 11) is 4.01. The van der Waals surface area contributed by atoms with Crippen molar-refractivity contribution >= 4 is 12.2 Å². The summed E-state index contributed by atoms with van der Waals surface area (Å²) in [6, 6.07) is 4.80. The minimum Gasteiger partial charge on any atom is -0.324 e. The lowest BCUT2D eigenvalue weighted by Crippen LogP contribution is -2.48. The third-order valence-electron chi connectivity index (χ3n) is 5.71. The molecular formula is C20H32BN3. The maximum absolute atomic E-state index is 4.08. The highest BCUT2D eigenvalue weighted by atomic mass is 15.5. The SMILES string of the molecule is C=C(CCN1CC(Cc2ccc3c(c2C)B(C)CC3)C1)NN(C)C. The first kappa shape index (κ1) is 17.6. The Morgan fingerprint density at radius 2 is 2.12 bits per heavy atom. The zero-order valence-corrected chi connectivity index (χ0v) is 15.9. The van der Waals surface area contributed by atoms with Crippen molar-refractivity contribution in [3.8, 4) is 0 Å². The van der Waals surface area contributed by atoms with Crippen LogP contribution in [0.15, 0.2) is 24.4 Å². The van der Waals surface area contributed by atoms with E-state index in [0.717, 1.165) is 31.3 Å². The maximum Gasteiger partial charge on any atom is 0.173 e. The van der Waals surface area contributed by atoms with Crippen LogP contribution in [0.5, 0.6) is 0 Å². The number of fused-ring (bicyclic) bond motifs is 1. The van der Waals surface area contributed by atoms with Gasteiger partial charge in [0.25, 0.3) is 0 Å². The first-order valence-corrected chi connectivity index (χ1v) is 9.39. The number of rotatable bonds is 7. The van der Waals surface area contributed by atoms with E-state index in [2.05, 4.69) is 42.8 Å². The first-order valence-electron chi connectivity index (χ1n) is 9.39. The number of likely N-dealkylation sites (tertiary alicyclic amines) is 1. The van der Waals surface area contributed by atoms with Gasteiger partial charge in [-0.25, -0.2) is 5.01 Å². The molecule has 24 heavy (non-hydrogen) atoms. The number of nitrogens with zero attached hydrogens (tertiary/aromatic N) is 2. The van der Waals surface area contributed by atoms with Crippen LogP contribution in [-0.2, 0) is 12.8 Å². The third-order valence-corrected chi connectivity index (χ3v) is 5.71. The Morgan fingerprint density at radius 3 is 2.83 bits per heavy atom. The Bertz CT molecular complexity index is 605. The van der Waals surface area contributed by atoms with Gasteiger partial charge < -0.3 is 10.3 Å². The van der Waals surface area contributed by atoms with Crippen LogP contribution in [0.2, 0.25) is 13.1 Å². The summed E-state index contributed by atoms with van der Waals surface area (Å²) in [5.74, 6) is 0.827. The molecule has 0 saturated carbocycles. The van der Waals surface area contributed by atoms with Gasteiger partial charge >= 0.3 is 0 Å². The van der Waals surface area contributed by atoms with Gasteiger partial charge in [-0.3, -0.25) is 0 Å². The van der Waals surface area contributed by atoms with E-state index < -0.39 is 0 Å². The van der Waals surface area contributed by atoms with E-state index in [-0.39, 0.29) is 0 Å². The van der Waals surface area contributed by atoms with Gasteiger partial charge in [0, 0.05) is 45.8 Å². The van der Waals surface area contributed by atoms with Crippen LogP contribution in [0.3, 0.4) is 0 Å². The zero-order chi connectivity index (χ0) is 17.3. The fourth-order valence-electron chi connectivity index (χ4n) is 4.44. The highest BCUT2D eigenvalue weighted by Crippen LogP contribution is 2.25. The molecule has 2 heterocycles. The van der Waals surface area contributed by atoms with Crippen molar-refractivity contribution in [2.45, 2.75) is 39.3 Å². The fourth-order valence-corrected chi connectivity index (χ4v) is 4.44. The van der Waals surface area contributed by atoms with Crippen molar-refractivity contribution in [2.24, 2.45) is 5.92 Å². The third kappa shape index (κ3) is 3.86. The Hall–Kier alpha value is -1.26. The molecule has 1 saturated heterocycles. The minimum atomic E-state index is 0.757. The van der Waals surface area contributed by atoms with Gasteiger partial charge in [0.05, 0.1) is 0 Å². The Kier molecular flexibility index (Phi) is 5.36. The molecule has 0 radical (unpaired) electrons. The van der Waals surface area contributed by atoms with E-state index in [4.69, 9.17) is 0 Å². The molecule has 130 valence electrons. The lowest BCUT2D eigenvalue weighted by molar-refractivity contribution is 0.101. The fraction of sp³-hybridized carbons (Fsp3) is 0.600. The average Bonchev–Trinajstić information content (AvgIpc) is 2.84. The lowest BCUT2D eigenvalue weighted by Gasteiger charge is -2.40. The van der Waals surface area contributed by atoms with E-state index in [1.807, 2.05) is 19.1 Å². The standard InChI is InChI=1S/C20H32BN3/c1-15(22-23(4)5)9-11-24-13-17(14-24)12-19-7-6-18-8-10-21(3)20(18)16(19)2/h6-7,17,22H,1,8-14H2,2-5H3. The molecule has 1 aromatic carbocycles. The number of nitrogens with one attached hydrogen (secondary N) is 1. The van der Waals surface area contributed by atoms with Crippen LogP contribution in [0.4, 0.5) is 0 Å². The molecular weight excluding hydrogens is 293 g/mol. The molecule has 3 nitrogen and oxygen atoms in total. The van der Waals surface area contributed by atoms with E-state index >= 15 is 0 Å². The molecule has 3 rings (SSSR count). The normalized spacial score (nSPS) is 18.0. The first-order chi connectivity index (χ1) is 11.4. The number of benzene rings is 1. The quantitative estimate of drug-likeness (QED) is 0.613. The average molecular weight is 325 g/mol. The predicted molar refractivity (Wildman–Crippen MR) is 105 cm³/mol. The second kappa shape index (κ2) is 7.32. The molecule has 0 amide bonds. The van der Waals surface area contributed by atoms with Crippen LogP contribution >= 0.6 is 0 Å². The minimum absolute atomic E-state index is 0.757. The molecule has 0 aliphatic carbocycles. The molecule has 0 atom stereocenters. The van der Waals surface area contributed by atoms with Crippen molar-refractivity contribution < 1.29 is 0 Å². The second-order valence-corrected chi connectivity index (χ2v) is 8.05. The summed E-state index contributed by atoms with van der Waals surface area (Å²) in [6.45, 7) is 13.2. The summed E-state index contributed by atoms with van der Waals surface area (Å²) in [4.78, 5) is 2.55. The van der Waals surface area contributed by atoms with Gasteiger partial charge in [-0.1, -0.05) is 48.4 Å². The van der Waals surface area contributed by atoms with Crippen LogP contribution in [0, 0.1) is 12.8 Å². The lowest BCUT2D eigenvalue weighted by atomic mass is 9.47. The molecule has 1 fully saturated rings. The predicted octanol–water partition coefficient (Wildman–Crippen LogP) is 2.33. The molecule has 1 aromatic rings. The topological polar surface area (TPSA) is 18.5 Å². The number of hydrogen-bond acceptors (Lipinski definition) is 3. The summed E-state index contributed by atoms with van der Waals surface area (Å²) in [5.41, 5.74) is 10.8. The van der Waals surface area contributed by atoms with Crippen molar-refractivity contribution in [2.75, 3.05) is 33.7 Å². The monoisotopic (exact) mass is 325 g/mol. The molecule has 0 spiro atoms. The highest BCUT2D eigenvalue weighted by Gasteiger charge is 2.29. The van der Waals surface area contributed by atoms with E-state index in [1.54, 1.807) is 22.2 Å². The van der Waals surface area contributed by atoms with Crippen molar-refractivity contribution in [3.63, 3.8) is 0 Å². The largest absolute Gasteiger partial charge is 0.324 e. The molecule has 0 aromatic heterocycles. The summed E-state index contributed by atoms with van der Waals surface area (Å²) in [6.07, 6.45) is 4.89. The maximum atomic E-state index is 4.08. The molecule has 0 unspecified atom stereocenters.